The molecule has 0 N–H and O–H groups in total. The Morgan fingerprint density at radius 1 is 1.14 bits per heavy atom. The molecule has 0 radical (unpaired) electrons. The van der Waals surface area contributed by atoms with Crippen molar-refractivity contribution >= 4 is 19.7 Å². The van der Waals surface area contributed by atoms with E-state index in [1.165, 1.54) is 6.33 Å². The summed E-state index contributed by atoms with van der Waals surface area (Å²) < 4.78 is 50.7. The van der Waals surface area contributed by atoms with Gasteiger partial charge in [-0.3, -0.25) is 0 Å². The normalized spacial score (nSPS) is 15.6. The number of sulfone groups is 2. The SMILES string of the molecule is CCCCC(CC)S(=O)(=O)CC(Cn1ccnc1)S(C)(=O)=O. The van der Waals surface area contributed by atoms with Crippen LogP contribution in [0.2, 0.25) is 0 Å². The lowest BCUT2D eigenvalue weighted by Gasteiger charge is -2.20. The van der Waals surface area contributed by atoms with Crippen LogP contribution in [0.15, 0.2) is 18.7 Å². The van der Waals surface area contributed by atoms with Crippen LogP contribution in [0.3, 0.4) is 0 Å². The largest absolute Gasteiger partial charge is 0.336 e. The number of rotatable bonds is 10. The maximum Gasteiger partial charge on any atom is 0.154 e. The first-order valence-corrected chi connectivity index (χ1v) is 11.2. The Morgan fingerprint density at radius 2 is 1.82 bits per heavy atom. The molecule has 1 heterocycles. The number of aromatic nitrogens is 2. The predicted octanol–water partition coefficient (Wildman–Crippen LogP) is 1.68. The minimum absolute atomic E-state index is 0.113. The molecule has 2 unspecified atom stereocenters. The van der Waals surface area contributed by atoms with Crippen molar-refractivity contribution in [2.24, 2.45) is 0 Å². The van der Waals surface area contributed by atoms with Gasteiger partial charge in [-0.15, -0.1) is 0 Å². The van der Waals surface area contributed by atoms with E-state index in [2.05, 4.69) is 4.98 Å². The minimum Gasteiger partial charge on any atom is -0.336 e. The quantitative estimate of drug-likeness (QED) is 0.641. The highest BCUT2D eigenvalue weighted by Gasteiger charge is 2.32. The van der Waals surface area contributed by atoms with E-state index in [1.807, 2.05) is 13.8 Å². The first-order chi connectivity index (χ1) is 10.2. The summed E-state index contributed by atoms with van der Waals surface area (Å²) in [5.41, 5.74) is 0. The molecule has 8 heteroatoms. The zero-order valence-electron chi connectivity index (χ0n) is 13.5. The van der Waals surface area contributed by atoms with Crippen molar-refractivity contribution in [3.63, 3.8) is 0 Å². The van der Waals surface area contributed by atoms with Crippen LogP contribution >= 0.6 is 0 Å². The lowest BCUT2D eigenvalue weighted by Crippen LogP contribution is -2.36. The van der Waals surface area contributed by atoms with Gasteiger partial charge in [0.15, 0.2) is 19.7 Å². The van der Waals surface area contributed by atoms with Crippen molar-refractivity contribution in [1.29, 1.82) is 0 Å². The molecule has 0 bridgehead atoms. The van der Waals surface area contributed by atoms with Gasteiger partial charge in [0, 0.05) is 25.2 Å². The molecule has 0 aliphatic rings. The van der Waals surface area contributed by atoms with Gasteiger partial charge < -0.3 is 4.57 Å². The van der Waals surface area contributed by atoms with Gasteiger partial charge in [-0.2, -0.15) is 0 Å². The van der Waals surface area contributed by atoms with Crippen LogP contribution in [0.4, 0.5) is 0 Å². The molecule has 128 valence electrons. The second-order valence-corrected chi connectivity index (χ2v) is 10.4. The van der Waals surface area contributed by atoms with Crippen LogP contribution in [-0.2, 0) is 26.2 Å². The van der Waals surface area contributed by atoms with Crippen molar-refractivity contribution in [3.05, 3.63) is 18.7 Å². The first kappa shape index (κ1) is 19.2. The van der Waals surface area contributed by atoms with Gasteiger partial charge in [-0.05, 0) is 12.8 Å². The molecule has 1 aromatic rings. The summed E-state index contributed by atoms with van der Waals surface area (Å²) in [5, 5.41) is -1.40. The van der Waals surface area contributed by atoms with E-state index < -0.39 is 30.2 Å². The maximum atomic E-state index is 12.6. The topological polar surface area (TPSA) is 86.1 Å². The molecule has 0 amide bonds. The third kappa shape index (κ3) is 5.72. The molecule has 2 atom stereocenters. The van der Waals surface area contributed by atoms with Crippen LogP contribution in [0.5, 0.6) is 0 Å². The fraction of sp³-hybridized carbons (Fsp3) is 0.786. The van der Waals surface area contributed by atoms with Crippen LogP contribution in [-0.4, -0.2) is 48.9 Å². The average Bonchev–Trinajstić information content (AvgIpc) is 2.90. The fourth-order valence-corrected chi connectivity index (χ4v) is 6.34. The molecule has 0 saturated carbocycles. The number of imidazole rings is 1. The molecule has 1 aromatic heterocycles. The summed E-state index contributed by atoms with van der Waals surface area (Å²) in [5.74, 6) is -0.327. The van der Waals surface area contributed by atoms with E-state index in [-0.39, 0.29) is 12.3 Å². The Balaban J connectivity index is 2.92. The number of hydrogen-bond acceptors (Lipinski definition) is 5. The average molecular weight is 351 g/mol. The van der Waals surface area contributed by atoms with Gasteiger partial charge in [0.05, 0.1) is 22.6 Å². The Kier molecular flexibility index (Phi) is 7.05. The monoisotopic (exact) mass is 350 g/mol. The van der Waals surface area contributed by atoms with E-state index in [9.17, 15) is 16.8 Å². The Labute approximate surface area is 133 Å². The molecule has 22 heavy (non-hydrogen) atoms. The maximum absolute atomic E-state index is 12.6. The van der Waals surface area contributed by atoms with Crippen molar-refractivity contribution < 1.29 is 16.8 Å². The molecular weight excluding hydrogens is 324 g/mol. The van der Waals surface area contributed by atoms with Crippen molar-refractivity contribution in [3.8, 4) is 0 Å². The molecule has 0 aliphatic heterocycles. The van der Waals surface area contributed by atoms with Crippen molar-refractivity contribution in [2.75, 3.05) is 12.0 Å². The van der Waals surface area contributed by atoms with Crippen LogP contribution in [0, 0.1) is 0 Å². The zero-order chi connectivity index (χ0) is 16.8. The molecule has 0 saturated heterocycles. The summed E-state index contributed by atoms with van der Waals surface area (Å²) in [6.07, 6.45) is 8.65. The number of nitrogens with zero attached hydrogens (tertiary/aromatic N) is 2. The minimum atomic E-state index is -3.46. The molecule has 1 rings (SSSR count). The molecule has 0 aromatic carbocycles. The summed E-state index contributed by atoms with van der Waals surface area (Å²) >= 11 is 0. The Bertz CT molecular complexity index is 636. The lowest BCUT2D eigenvalue weighted by atomic mass is 10.2. The highest BCUT2D eigenvalue weighted by molar-refractivity contribution is 7.95. The Hall–Kier alpha value is -0.890. The van der Waals surface area contributed by atoms with Gasteiger partial charge in [0.2, 0.25) is 0 Å². The van der Waals surface area contributed by atoms with Gasteiger partial charge >= 0.3 is 0 Å². The number of hydrogen-bond donors (Lipinski definition) is 0. The third-order valence-corrected chi connectivity index (χ3v) is 8.03. The van der Waals surface area contributed by atoms with E-state index in [4.69, 9.17) is 0 Å². The van der Waals surface area contributed by atoms with Crippen LogP contribution in [0.25, 0.3) is 0 Å². The van der Waals surface area contributed by atoms with E-state index >= 15 is 0 Å². The first-order valence-electron chi connectivity index (χ1n) is 7.56. The molecule has 0 aliphatic carbocycles. The van der Waals surface area contributed by atoms with E-state index in [0.717, 1.165) is 19.1 Å². The van der Waals surface area contributed by atoms with E-state index in [1.54, 1.807) is 17.0 Å². The lowest BCUT2D eigenvalue weighted by molar-refractivity contribution is 0.541. The fourth-order valence-electron chi connectivity index (χ4n) is 2.41. The predicted molar refractivity (Wildman–Crippen MR) is 88.2 cm³/mol. The summed E-state index contributed by atoms with van der Waals surface area (Å²) in [7, 11) is -6.91. The smallest absolute Gasteiger partial charge is 0.154 e. The van der Waals surface area contributed by atoms with Crippen LogP contribution < -0.4 is 0 Å². The summed E-state index contributed by atoms with van der Waals surface area (Å²) in [6.45, 7) is 3.96. The van der Waals surface area contributed by atoms with E-state index in [0.29, 0.717) is 12.8 Å². The highest BCUT2D eigenvalue weighted by Crippen LogP contribution is 2.18. The number of unbranched alkanes of at least 4 members (excludes halogenated alkanes) is 1. The highest BCUT2D eigenvalue weighted by atomic mass is 32.2. The van der Waals surface area contributed by atoms with Gasteiger partial charge in [0.1, 0.15) is 0 Å². The standard InChI is InChI=1S/C14H26N2O4S2/c1-4-6-7-13(5-2)22(19,20)11-14(21(3,17)18)10-16-9-8-15-12-16/h8-9,12-14H,4-7,10-11H2,1-3H3. The van der Waals surface area contributed by atoms with Crippen molar-refractivity contribution in [2.45, 2.75) is 56.6 Å². The van der Waals surface area contributed by atoms with Gasteiger partial charge in [-0.1, -0.05) is 26.7 Å². The molecular formula is C14H26N2O4S2. The second-order valence-electron chi connectivity index (χ2n) is 5.71. The molecule has 6 nitrogen and oxygen atoms in total. The summed E-state index contributed by atoms with van der Waals surface area (Å²) in [6, 6.07) is 0. The van der Waals surface area contributed by atoms with Gasteiger partial charge in [0.25, 0.3) is 0 Å². The second kappa shape index (κ2) is 8.10. The zero-order valence-corrected chi connectivity index (χ0v) is 15.1. The Morgan fingerprint density at radius 3 is 2.27 bits per heavy atom. The molecule has 0 spiro atoms. The van der Waals surface area contributed by atoms with Gasteiger partial charge in [-0.25, -0.2) is 21.8 Å². The van der Waals surface area contributed by atoms with Crippen LogP contribution in [0.1, 0.15) is 39.5 Å². The third-order valence-electron chi connectivity index (χ3n) is 3.84. The van der Waals surface area contributed by atoms with Crippen molar-refractivity contribution in [1.82, 2.24) is 9.55 Å². The molecule has 0 fully saturated rings. The summed E-state index contributed by atoms with van der Waals surface area (Å²) in [4.78, 5) is 3.86.